The van der Waals surface area contributed by atoms with Gasteiger partial charge in [0.05, 0.1) is 17.2 Å². The van der Waals surface area contributed by atoms with Crippen LogP contribution in [-0.4, -0.2) is 42.7 Å². The smallest absolute Gasteiger partial charge is 0.351 e. The Morgan fingerprint density at radius 3 is 2.11 bits per heavy atom. The molecule has 0 N–H and O–H groups in total. The van der Waals surface area contributed by atoms with Gasteiger partial charge in [0.25, 0.3) is 0 Å². The topological polar surface area (TPSA) is 47.3 Å². The minimum absolute atomic E-state index is 0.251. The number of alkyl halides is 6. The number of hydrogen-bond acceptors (Lipinski definition) is 3. The predicted molar refractivity (Wildman–Crippen MR) is 87.0 cm³/mol. The van der Waals surface area contributed by atoms with Crippen molar-refractivity contribution < 1.29 is 31.1 Å². The van der Waals surface area contributed by atoms with Crippen molar-refractivity contribution in [3.8, 4) is 6.07 Å². The Morgan fingerprint density at radius 1 is 1.15 bits per heavy atom. The van der Waals surface area contributed by atoms with Crippen molar-refractivity contribution in [2.24, 2.45) is 0 Å². The average Bonchev–Trinajstić information content (AvgIpc) is 2.58. The first-order valence-corrected chi connectivity index (χ1v) is 8.09. The Bertz CT molecular complexity index is 704. The van der Waals surface area contributed by atoms with Crippen LogP contribution in [0.1, 0.15) is 31.9 Å². The van der Waals surface area contributed by atoms with Gasteiger partial charge in [-0.05, 0) is 39.0 Å². The summed E-state index contributed by atoms with van der Waals surface area (Å²) in [6, 6.07) is 2.27. The highest BCUT2D eigenvalue weighted by Gasteiger charge is 2.38. The Balaban J connectivity index is 3.45. The van der Waals surface area contributed by atoms with Crippen LogP contribution in [0.15, 0.2) is 18.2 Å². The lowest BCUT2D eigenvalue weighted by Crippen LogP contribution is -2.50. The van der Waals surface area contributed by atoms with E-state index in [2.05, 4.69) is 0 Å². The molecule has 4 nitrogen and oxygen atoms in total. The number of nitriles is 1. The first kappa shape index (κ1) is 22.6. The van der Waals surface area contributed by atoms with Crippen LogP contribution in [0.4, 0.5) is 32.0 Å². The number of anilines is 1. The maximum atomic E-state index is 13.1. The van der Waals surface area contributed by atoms with Crippen molar-refractivity contribution in [3.63, 3.8) is 0 Å². The van der Waals surface area contributed by atoms with Crippen molar-refractivity contribution in [2.45, 2.75) is 39.2 Å². The first-order chi connectivity index (χ1) is 12.4. The lowest BCUT2D eigenvalue weighted by Gasteiger charge is -2.34. The van der Waals surface area contributed by atoms with Gasteiger partial charge in [0.2, 0.25) is 5.91 Å². The van der Waals surface area contributed by atoms with E-state index in [1.807, 2.05) is 0 Å². The number of nitrogens with zero attached hydrogens (tertiary/aromatic N) is 3. The third-order valence-corrected chi connectivity index (χ3v) is 4.01. The SMILES string of the molecule is CCN(CC)C(=O)C(C)N(CC(F)(F)F)c1ccc(C#N)c(C(F)(F)F)c1. The highest BCUT2D eigenvalue weighted by molar-refractivity contribution is 5.85. The van der Waals surface area contributed by atoms with Crippen LogP contribution in [0.5, 0.6) is 0 Å². The molecule has 1 aromatic carbocycles. The molecule has 1 unspecified atom stereocenters. The fourth-order valence-electron chi connectivity index (χ4n) is 2.62. The third kappa shape index (κ3) is 5.77. The predicted octanol–water partition coefficient (Wildman–Crippen LogP) is 4.20. The number of rotatable bonds is 6. The quantitative estimate of drug-likeness (QED) is 0.679. The first-order valence-electron chi connectivity index (χ1n) is 8.09. The maximum Gasteiger partial charge on any atom is 0.417 e. The van der Waals surface area contributed by atoms with Crippen molar-refractivity contribution in [3.05, 3.63) is 29.3 Å². The summed E-state index contributed by atoms with van der Waals surface area (Å²) in [6.45, 7) is 3.39. The molecule has 0 aromatic heterocycles. The normalized spacial score (nSPS) is 13.0. The maximum absolute atomic E-state index is 13.1. The second-order valence-corrected chi connectivity index (χ2v) is 5.77. The lowest BCUT2D eigenvalue weighted by atomic mass is 10.1. The molecule has 150 valence electrons. The average molecular weight is 395 g/mol. The number of amides is 1. The Hall–Kier alpha value is -2.44. The van der Waals surface area contributed by atoms with Crippen LogP contribution in [0.25, 0.3) is 0 Å². The molecule has 0 aliphatic rings. The molecule has 1 atom stereocenters. The molecule has 0 aliphatic heterocycles. The van der Waals surface area contributed by atoms with Gasteiger partial charge in [0, 0.05) is 18.8 Å². The van der Waals surface area contributed by atoms with Gasteiger partial charge in [-0.15, -0.1) is 0 Å². The fourth-order valence-corrected chi connectivity index (χ4v) is 2.62. The van der Waals surface area contributed by atoms with Crippen LogP contribution < -0.4 is 4.90 Å². The van der Waals surface area contributed by atoms with E-state index in [9.17, 15) is 31.1 Å². The van der Waals surface area contributed by atoms with Crippen LogP contribution in [0.3, 0.4) is 0 Å². The molecule has 1 amide bonds. The number of likely N-dealkylation sites (N-methyl/N-ethyl adjacent to an activating group) is 1. The zero-order valence-corrected chi connectivity index (χ0v) is 14.9. The Labute approximate surface area is 153 Å². The van der Waals surface area contributed by atoms with Gasteiger partial charge in [-0.2, -0.15) is 31.6 Å². The van der Waals surface area contributed by atoms with Crippen LogP contribution in [-0.2, 0) is 11.0 Å². The molecule has 1 rings (SSSR count). The molecule has 0 aliphatic carbocycles. The molecule has 27 heavy (non-hydrogen) atoms. The summed E-state index contributed by atoms with van der Waals surface area (Å²) in [5.41, 5.74) is -2.50. The number of hydrogen-bond donors (Lipinski definition) is 0. The van der Waals surface area contributed by atoms with Gasteiger partial charge in [0.1, 0.15) is 12.6 Å². The molecular formula is C17H19F6N3O. The molecule has 0 saturated carbocycles. The molecule has 10 heteroatoms. The minimum Gasteiger partial charge on any atom is -0.351 e. The summed E-state index contributed by atoms with van der Waals surface area (Å²) in [6.07, 6.45) is -9.67. The number of carbonyl (C=O) groups is 1. The molecule has 0 saturated heterocycles. The summed E-state index contributed by atoms with van der Waals surface area (Å²) in [5, 5.41) is 8.83. The second-order valence-electron chi connectivity index (χ2n) is 5.77. The minimum atomic E-state index is -4.92. The van der Waals surface area contributed by atoms with E-state index >= 15 is 0 Å². The molecule has 1 aromatic rings. The summed E-state index contributed by atoms with van der Waals surface area (Å²) in [5.74, 6) is -0.637. The van der Waals surface area contributed by atoms with Gasteiger partial charge in [-0.25, -0.2) is 0 Å². The standard InChI is InChI=1S/C17H19F6N3O/c1-4-25(5-2)15(27)11(3)26(10-16(18,19)20)13-7-6-12(9-24)14(8-13)17(21,22)23/h6-8,11H,4-5,10H2,1-3H3. The monoisotopic (exact) mass is 395 g/mol. The summed E-state index contributed by atoms with van der Waals surface area (Å²) >= 11 is 0. The summed E-state index contributed by atoms with van der Waals surface area (Å²) in [4.78, 5) is 14.3. The highest BCUT2D eigenvalue weighted by atomic mass is 19.4. The van der Waals surface area contributed by atoms with Crippen LogP contribution >= 0.6 is 0 Å². The number of halogens is 6. The fraction of sp³-hybridized carbons (Fsp3) is 0.529. The van der Waals surface area contributed by atoms with Gasteiger partial charge < -0.3 is 9.80 Å². The van der Waals surface area contributed by atoms with E-state index in [-0.39, 0.29) is 13.1 Å². The van der Waals surface area contributed by atoms with E-state index in [0.29, 0.717) is 11.0 Å². The largest absolute Gasteiger partial charge is 0.417 e. The lowest BCUT2D eigenvalue weighted by molar-refractivity contribution is -0.137. The van der Waals surface area contributed by atoms with E-state index < -0.39 is 47.7 Å². The van der Waals surface area contributed by atoms with E-state index in [1.54, 1.807) is 13.8 Å². The van der Waals surface area contributed by atoms with Gasteiger partial charge in [-0.1, -0.05) is 0 Å². The van der Waals surface area contributed by atoms with Crippen molar-refractivity contribution >= 4 is 11.6 Å². The van der Waals surface area contributed by atoms with Crippen molar-refractivity contribution in [2.75, 3.05) is 24.5 Å². The van der Waals surface area contributed by atoms with Gasteiger partial charge >= 0.3 is 12.4 Å². The van der Waals surface area contributed by atoms with E-state index in [4.69, 9.17) is 5.26 Å². The second kappa shape index (κ2) is 8.50. The van der Waals surface area contributed by atoms with Gasteiger partial charge in [-0.3, -0.25) is 4.79 Å². The van der Waals surface area contributed by atoms with Gasteiger partial charge in [0.15, 0.2) is 0 Å². The third-order valence-electron chi connectivity index (χ3n) is 4.01. The summed E-state index contributed by atoms with van der Waals surface area (Å²) in [7, 11) is 0. The van der Waals surface area contributed by atoms with Crippen LogP contribution in [0, 0.1) is 11.3 Å². The van der Waals surface area contributed by atoms with Crippen molar-refractivity contribution in [1.29, 1.82) is 5.26 Å². The Morgan fingerprint density at radius 2 is 1.70 bits per heavy atom. The molecule has 0 bridgehead atoms. The van der Waals surface area contributed by atoms with E-state index in [0.717, 1.165) is 12.1 Å². The number of benzene rings is 1. The molecule has 0 heterocycles. The zero-order valence-electron chi connectivity index (χ0n) is 14.9. The molecule has 0 fully saturated rings. The Kier molecular flexibility index (Phi) is 7.11. The zero-order chi connectivity index (χ0) is 21.0. The highest BCUT2D eigenvalue weighted by Crippen LogP contribution is 2.35. The summed E-state index contributed by atoms with van der Waals surface area (Å²) < 4.78 is 78.5. The molecule has 0 radical (unpaired) electrons. The van der Waals surface area contributed by atoms with Crippen LogP contribution in [0.2, 0.25) is 0 Å². The molecule has 0 spiro atoms. The molecular weight excluding hydrogens is 376 g/mol. The number of carbonyl (C=O) groups excluding carboxylic acids is 1. The van der Waals surface area contributed by atoms with E-state index in [1.165, 1.54) is 17.9 Å². The van der Waals surface area contributed by atoms with Crippen molar-refractivity contribution in [1.82, 2.24) is 4.90 Å².